The summed E-state index contributed by atoms with van der Waals surface area (Å²) in [6.07, 6.45) is 7.92. The predicted octanol–water partition coefficient (Wildman–Crippen LogP) is 7.26. The van der Waals surface area contributed by atoms with Crippen LogP contribution >= 0.6 is 0 Å². The normalized spacial score (nSPS) is 7.68. The molecule has 1 heteroatoms. The van der Waals surface area contributed by atoms with Crippen molar-refractivity contribution in [2.75, 3.05) is 0 Å². The zero-order valence-electron chi connectivity index (χ0n) is 15.5. The van der Waals surface area contributed by atoms with Crippen LogP contribution in [-0.2, 0) is 0 Å². The average Bonchev–Trinajstić information content (AvgIpc) is 2.39. The maximum absolute atomic E-state index is 3.75. The molecular weight excluding hydrogens is 335 g/mol. The van der Waals surface area contributed by atoms with E-state index in [2.05, 4.69) is 62.0 Å². The van der Waals surface area contributed by atoms with Gasteiger partial charge < -0.3 is 0 Å². The van der Waals surface area contributed by atoms with Crippen LogP contribution in [-0.4, -0.2) is 23.9 Å². The SMILES string of the molecule is C=C(C)C(C)C.CCCC.CCCC.CCCC.[Sn]. The monoisotopic (exact) mass is 378 g/mol. The molecule has 0 aliphatic rings. The minimum atomic E-state index is 0. The van der Waals surface area contributed by atoms with Crippen molar-refractivity contribution < 1.29 is 0 Å². The summed E-state index contributed by atoms with van der Waals surface area (Å²) in [4.78, 5) is 0. The summed E-state index contributed by atoms with van der Waals surface area (Å²) in [7, 11) is 0. The molecule has 0 nitrogen and oxygen atoms in total. The fourth-order valence-corrected chi connectivity index (χ4v) is 0. The Hall–Kier alpha value is 0.539. The van der Waals surface area contributed by atoms with Crippen molar-refractivity contribution in [3.8, 4) is 0 Å². The van der Waals surface area contributed by atoms with E-state index >= 15 is 0 Å². The molecule has 0 rings (SSSR count). The Morgan fingerprint density at radius 2 is 0.789 bits per heavy atom. The average molecular weight is 377 g/mol. The molecule has 4 radical (unpaired) electrons. The van der Waals surface area contributed by atoms with Gasteiger partial charge in [0.05, 0.1) is 0 Å². The number of allylic oxidation sites excluding steroid dienone is 1. The second-order valence-electron chi connectivity index (χ2n) is 5.00. The first-order chi connectivity index (χ1) is 8.39. The van der Waals surface area contributed by atoms with Gasteiger partial charge in [-0.15, -0.1) is 0 Å². The van der Waals surface area contributed by atoms with Gasteiger partial charge in [-0.3, -0.25) is 0 Å². The van der Waals surface area contributed by atoms with Gasteiger partial charge in [0, 0.05) is 23.9 Å². The van der Waals surface area contributed by atoms with Gasteiger partial charge in [-0.25, -0.2) is 0 Å². The molecule has 0 saturated heterocycles. The van der Waals surface area contributed by atoms with E-state index in [1.807, 2.05) is 6.92 Å². The minimum absolute atomic E-state index is 0. The largest absolute Gasteiger partial charge is 0.0999 e. The number of hydrogen-bond donors (Lipinski definition) is 0. The summed E-state index contributed by atoms with van der Waals surface area (Å²) in [6.45, 7) is 23.2. The van der Waals surface area contributed by atoms with E-state index in [4.69, 9.17) is 0 Å². The third-order valence-electron chi connectivity index (χ3n) is 2.49. The summed E-state index contributed by atoms with van der Waals surface area (Å²) < 4.78 is 0. The summed E-state index contributed by atoms with van der Waals surface area (Å²) >= 11 is 0. The molecule has 0 amide bonds. The molecule has 118 valence electrons. The van der Waals surface area contributed by atoms with Crippen LogP contribution in [0.4, 0.5) is 0 Å². The van der Waals surface area contributed by atoms with Gasteiger partial charge in [-0.1, -0.05) is 106 Å². The van der Waals surface area contributed by atoms with E-state index in [-0.39, 0.29) is 23.9 Å². The molecule has 0 heterocycles. The molecule has 0 atom stereocenters. The molecule has 0 aromatic heterocycles. The van der Waals surface area contributed by atoms with Crippen LogP contribution in [0, 0.1) is 5.92 Å². The van der Waals surface area contributed by atoms with Crippen LogP contribution in [0.2, 0.25) is 0 Å². The maximum Gasteiger partial charge on any atom is 0 e. The quantitative estimate of drug-likeness (QED) is 0.357. The Bertz CT molecular complexity index is 101. The standard InChI is InChI=1S/C6H12.3C4H10.Sn/c1-5(2)6(3)4;3*1-3-4-2;/h6H,1H2,2-4H3;3*3-4H2,1-2H3;. The molecule has 0 aromatic carbocycles. The minimum Gasteiger partial charge on any atom is -0.0999 e. The summed E-state index contributed by atoms with van der Waals surface area (Å²) in [5.41, 5.74) is 1.26. The van der Waals surface area contributed by atoms with E-state index in [0.29, 0.717) is 5.92 Å². The van der Waals surface area contributed by atoms with E-state index < -0.39 is 0 Å². The molecular formula is C18H42Sn. The summed E-state index contributed by atoms with van der Waals surface area (Å²) in [6, 6.07) is 0. The van der Waals surface area contributed by atoms with Crippen molar-refractivity contribution in [3.05, 3.63) is 12.2 Å². The third kappa shape index (κ3) is 89.2. The molecule has 0 spiro atoms. The first-order valence-corrected chi connectivity index (χ1v) is 8.04. The third-order valence-corrected chi connectivity index (χ3v) is 2.49. The molecule has 0 aromatic rings. The number of unbranched alkanes of at least 4 members (excludes halogenated alkanes) is 3. The van der Waals surface area contributed by atoms with Crippen LogP contribution in [0.25, 0.3) is 0 Å². The van der Waals surface area contributed by atoms with Gasteiger partial charge in [0.25, 0.3) is 0 Å². The second-order valence-corrected chi connectivity index (χ2v) is 5.00. The Labute approximate surface area is 142 Å². The van der Waals surface area contributed by atoms with Crippen molar-refractivity contribution in [2.24, 2.45) is 5.92 Å². The van der Waals surface area contributed by atoms with Gasteiger partial charge in [0.2, 0.25) is 0 Å². The topological polar surface area (TPSA) is 0 Å². The first kappa shape index (κ1) is 31.8. The molecule has 0 saturated carbocycles. The Kier molecular flexibility index (Phi) is 60.6. The van der Waals surface area contributed by atoms with Gasteiger partial charge in [-0.2, -0.15) is 0 Å². The van der Waals surface area contributed by atoms with E-state index in [9.17, 15) is 0 Å². The van der Waals surface area contributed by atoms with E-state index in [1.165, 1.54) is 44.1 Å². The molecule has 0 aliphatic heterocycles. The van der Waals surface area contributed by atoms with Gasteiger partial charge in [0.1, 0.15) is 0 Å². The van der Waals surface area contributed by atoms with Gasteiger partial charge >= 0.3 is 0 Å². The van der Waals surface area contributed by atoms with Crippen LogP contribution in [0.5, 0.6) is 0 Å². The zero-order chi connectivity index (χ0) is 15.4. The van der Waals surface area contributed by atoms with Gasteiger partial charge in [-0.05, 0) is 12.8 Å². The molecule has 0 unspecified atom stereocenters. The number of hydrogen-bond acceptors (Lipinski definition) is 0. The van der Waals surface area contributed by atoms with Crippen molar-refractivity contribution in [3.63, 3.8) is 0 Å². The molecule has 0 bridgehead atoms. The molecule has 0 N–H and O–H groups in total. The van der Waals surface area contributed by atoms with Crippen molar-refractivity contribution in [2.45, 2.75) is 101 Å². The van der Waals surface area contributed by atoms with E-state index in [0.717, 1.165) is 0 Å². The Morgan fingerprint density at radius 1 is 0.684 bits per heavy atom. The Balaban J connectivity index is -0.0000000459. The predicted molar refractivity (Wildman–Crippen MR) is 97.2 cm³/mol. The molecule has 19 heavy (non-hydrogen) atoms. The fourth-order valence-electron chi connectivity index (χ4n) is 0. The van der Waals surface area contributed by atoms with Crippen LogP contribution in [0.1, 0.15) is 101 Å². The first-order valence-electron chi connectivity index (χ1n) is 8.04. The van der Waals surface area contributed by atoms with E-state index in [1.54, 1.807) is 0 Å². The van der Waals surface area contributed by atoms with Crippen molar-refractivity contribution >= 4 is 23.9 Å². The second kappa shape index (κ2) is 36.3. The Morgan fingerprint density at radius 3 is 0.789 bits per heavy atom. The summed E-state index contributed by atoms with van der Waals surface area (Å²) in [5, 5.41) is 0. The zero-order valence-corrected chi connectivity index (χ0v) is 18.4. The molecule has 0 fully saturated rings. The van der Waals surface area contributed by atoms with Crippen molar-refractivity contribution in [1.82, 2.24) is 0 Å². The van der Waals surface area contributed by atoms with Crippen LogP contribution < -0.4 is 0 Å². The number of rotatable bonds is 4. The molecule has 0 aliphatic carbocycles. The van der Waals surface area contributed by atoms with Crippen LogP contribution in [0.15, 0.2) is 12.2 Å². The van der Waals surface area contributed by atoms with Gasteiger partial charge in [0.15, 0.2) is 0 Å². The van der Waals surface area contributed by atoms with Crippen LogP contribution in [0.3, 0.4) is 0 Å². The fraction of sp³-hybridized carbons (Fsp3) is 0.889. The summed E-state index contributed by atoms with van der Waals surface area (Å²) in [5.74, 6) is 0.657. The maximum atomic E-state index is 3.75. The van der Waals surface area contributed by atoms with Crippen molar-refractivity contribution in [1.29, 1.82) is 0 Å². The smallest absolute Gasteiger partial charge is 0 e.